The number of hydrogen-bond donors (Lipinski definition) is 0. The average Bonchev–Trinajstić information content (AvgIpc) is 3.09. The normalized spacial score (nSPS) is 16.0. The zero-order chi connectivity index (χ0) is 32.4. The Labute approximate surface area is 276 Å². The van der Waals surface area contributed by atoms with Crippen LogP contribution in [0.15, 0.2) is 72.8 Å². The molecule has 3 aromatic carbocycles. The maximum atomic E-state index is 12.7. The van der Waals surface area contributed by atoms with E-state index in [1.165, 1.54) is 88.2 Å². The predicted octanol–water partition coefficient (Wildman–Crippen LogP) is 10.6. The Morgan fingerprint density at radius 2 is 1.17 bits per heavy atom. The Morgan fingerprint density at radius 1 is 0.652 bits per heavy atom. The van der Waals surface area contributed by atoms with Crippen molar-refractivity contribution in [2.24, 2.45) is 11.8 Å². The molecule has 1 saturated carbocycles. The van der Waals surface area contributed by atoms with E-state index >= 15 is 0 Å². The highest BCUT2D eigenvalue weighted by Gasteiger charge is 2.27. The standard InChI is InChI=1S/C41H51NO4/c1-2-3-9-12-32-15-23-36(24-16-32)40(43)45-38-27-19-33(20-28-38)13-10-7-5-4-6-8-11-14-34-21-29-39(30-22-34)46-41(44)37-25-17-35(31-42)18-26-37/h17-22,25-30,32,36H,2-16,23-24H2,1H3. The van der Waals surface area contributed by atoms with Gasteiger partial charge >= 0.3 is 11.9 Å². The number of carbonyl (C=O) groups excluding carboxylic acids is 2. The molecular formula is C41H51NO4. The van der Waals surface area contributed by atoms with Crippen LogP contribution in [-0.4, -0.2) is 11.9 Å². The minimum absolute atomic E-state index is 0.0442. The topological polar surface area (TPSA) is 76.4 Å². The molecule has 244 valence electrons. The van der Waals surface area contributed by atoms with E-state index in [0.29, 0.717) is 22.6 Å². The zero-order valence-corrected chi connectivity index (χ0v) is 27.7. The minimum atomic E-state index is -0.423. The van der Waals surface area contributed by atoms with Crippen molar-refractivity contribution in [3.05, 3.63) is 95.1 Å². The van der Waals surface area contributed by atoms with Gasteiger partial charge in [-0.1, -0.05) is 89.0 Å². The SMILES string of the molecule is CCCCCC1CCC(C(=O)Oc2ccc(CCCCCCCCCc3ccc(OC(=O)c4ccc(C#N)cc4)cc3)cc2)CC1. The van der Waals surface area contributed by atoms with Gasteiger partial charge in [-0.2, -0.15) is 5.26 Å². The Hall–Kier alpha value is -3.91. The van der Waals surface area contributed by atoms with Crippen molar-refractivity contribution >= 4 is 11.9 Å². The van der Waals surface area contributed by atoms with E-state index in [-0.39, 0.29) is 11.9 Å². The zero-order valence-electron chi connectivity index (χ0n) is 27.7. The molecule has 0 radical (unpaired) electrons. The van der Waals surface area contributed by atoms with Crippen molar-refractivity contribution in [1.82, 2.24) is 0 Å². The van der Waals surface area contributed by atoms with Gasteiger partial charge in [0.25, 0.3) is 0 Å². The molecule has 0 aromatic heterocycles. The molecule has 0 saturated heterocycles. The molecule has 0 unspecified atom stereocenters. The van der Waals surface area contributed by atoms with E-state index in [9.17, 15) is 9.59 Å². The summed E-state index contributed by atoms with van der Waals surface area (Å²) < 4.78 is 11.2. The maximum Gasteiger partial charge on any atom is 0.343 e. The molecule has 5 nitrogen and oxygen atoms in total. The van der Waals surface area contributed by atoms with E-state index < -0.39 is 5.97 Å². The smallest absolute Gasteiger partial charge is 0.343 e. The first-order valence-electron chi connectivity index (χ1n) is 17.7. The Kier molecular flexibility index (Phi) is 14.9. The highest BCUT2D eigenvalue weighted by Crippen LogP contribution is 2.33. The highest BCUT2D eigenvalue weighted by molar-refractivity contribution is 5.91. The van der Waals surface area contributed by atoms with Crippen molar-refractivity contribution < 1.29 is 19.1 Å². The van der Waals surface area contributed by atoms with Crippen molar-refractivity contribution in [3.63, 3.8) is 0 Å². The number of esters is 2. The summed E-state index contributed by atoms with van der Waals surface area (Å²) in [7, 11) is 0. The first kappa shape index (κ1) is 35.0. The number of hydrogen-bond acceptors (Lipinski definition) is 5. The number of nitrogens with zero attached hydrogens (tertiary/aromatic N) is 1. The van der Waals surface area contributed by atoms with Gasteiger partial charge in [0.05, 0.1) is 23.1 Å². The molecule has 4 rings (SSSR count). The summed E-state index contributed by atoms with van der Waals surface area (Å²) in [4.78, 5) is 25.0. The van der Waals surface area contributed by atoms with Crippen LogP contribution in [0.25, 0.3) is 0 Å². The Balaban J connectivity index is 1.01. The van der Waals surface area contributed by atoms with Crippen molar-refractivity contribution in [2.75, 3.05) is 0 Å². The molecule has 0 bridgehead atoms. The first-order valence-corrected chi connectivity index (χ1v) is 17.7. The van der Waals surface area contributed by atoms with E-state index in [1.54, 1.807) is 24.3 Å². The van der Waals surface area contributed by atoms with E-state index in [2.05, 4.69) is 19.1 Å². The Bertz CT molecular complexity index is 1360. The molecule has 0 heterocycles. The van der Waals surface area contributed by atoms with Crippen LogP contribution in [0.2, 0.25) is 0 Å². The number of unbranched alkanes of at least 4 members (excludes halogenated alkanes) is 8. The number of carbonyl (C=O) groups is 2. The minimum Gasteiger partial charge on any atom is -0.426 e. The summed E-state index contributed by atoms with van der Waals surface area (Å²) >= 11 is 0. The van der Waals surface area contributed by atoms with Crippen LogP contribution in [0.4, 0.5) is 0 Å². The van der Waals surface area contributed by atoms with Gasteiger partial charge in [-0.25, -0.2) is 4.79 Å². The highest BCUT2D eigenvalue weighted by atomic mass is 16.5. The summed E-state index contributed by atoms with van der Waals surface area (Å²) in [6, 6.07) is 24.4. The largest absolute Gasteiger partial charge is 0.426 e. The average molecular weight is 622 g/mol. The van der Waals surface area contributed by atoms with Crippen LogP contribution >= 0.6 is 0 Å². The molecule has 3 aromatic rings. The van der Waals surface area contributed by atoms with Gasteiger partial charge in [0, 0.05) is 0 Å². The summed E-state index contributed by atoms with van der Waals surface area (Å²) in [6.07, 6.45) is 20.2. The molecule has 0 atom stereocenters. The molecular weight excluding hydrogens is 570 g/mol. The molecule has 5 heteroatoms. The van der Waals surface area contributed by atoms with Crippen LogP contribution in [0.3, 0.4) is 0 Å². The third kappa shape index (κ3) is 12.1. The lowest BCUT2D eigenvalue weighted by molar-refractivity contribution is -0.140. The molecule has 1 fully saturated rings. The number of benzene rings is 3. The maximum absolute atomic E-state index is 12.7. The summed E-state index contributed by atoms with van der Waals surface area (Å²) in [5.74, 6) is 1.60. The lowest BCUT2D eigenvalue weighted by atomic mass is 9.80. The van der Waals surface area contributed by atoms with Crippen LogP contribution in [0.5, 0.6) is 11.5 Å². The second kappa shape index (κ2) is 19.6. The third-order valence-electron chi connectivity index (χ3n) is 9.35. The summed E-state index contributed by atoms with van der Waals surface area (Å²) in [5.41, 5.74) is 3.50. The fourth-order valence-electron chi connectivity index (χ4n) is 6.41. The monoisotopic (exact) mass is 621 g/mol. The van der Waals surface area contributed by atoms with Crippen LogP contribution < -0.4 is 9.47 Å². The first-order chi connectivity index (χ1) is 22.5. The molecule has 0 spiro atoms. The second-order valence-corrected chi connectivity index (χ2v) is 13.0. The number of rotatable bonds is 18. The molecule has 46 heavy (non-hydrogen) atoms. The van der Waals surface area contributed by atoms with Gasteiger partial charge in [-0.05, 0) is 117 Å². The number of ether oxygens (including phenoxy) is 2. The fourth-order valence-corrected chi connectivity index (χ4v) is 6.41. The number of nitriles is 1. The van der Waals surface area contributed by atoms with Crippen molar-refractivity contribution in [3.8, 4) is 17.6 Å². The summed E-state index contributed by atoms with van der Waals surface area (Å²) in [5, 5.41) is 8.89. The van der Waals surface area contributed by atoms with Crippen LogP contribution in [0, 0.1) is 23.2 Å². The van der Waals surface area contributed by atoms with Gasteiger partial charge in [0.2, 0.25) is 0 Å². The predicted molar refractivity (Wildman–Crippen MR) is 184 cm³/mol. The molecule has 0 aliphatic heterocycles. The lowest BCUT2D eigenvalue weighted by Crippen LogP contribution is -2.25. The molecule has 1 aliphatic rings. The van der Waals surface area contributed by atoms with Crippen molar-refractivity contribution in [2.45, 2.75) is 116 Å². The van der Waals surface area contributed by atoms with Gasteiger partial charge < -0.3 is 9.47 Å². The van der Waals surface area contributed by atoms with Gasteiger partial charge in [0.1, 0.15) is 11.5 Å². The van der Waals surface area contributed by atoms with E-state index in [1.807, 2.05) is 42.5 Å². The Morgan fingerprint density at radius 3 is 1.70 bits per heavy atom. The molecule has 1 aliphatic carbocycles. The second-order valence-electron chi connectivity index (χ2n) is 13.0. The quantitative estimate of drug-likeness (QED) is 0.0802. The molecule has 0 amide bonds. The van der Waals surface area contributed by atoms with Crippen LogP contribution in [-0.2, 0) is 17.6 Å². The van der Waals surface area contributed by atoms with E-state index in [4.69, 9.17) is 14.7 Å². The van der Waals surface area contributed by atoms with Gasteiger partial charge in [0.15, 0.2) is 0 Å². The van der Waals surface area contributed by atoms with Gasteiger partial charge in [-0.15, -0.1) is 0 Å². The fraction of sp³-hybridized carbons (Fsp3) is 0.488. The van der Waals surface area contributed by atoms with E-state index in [0.717, 1.165) is 38.0 Å². The van der Waals surface area contributed by atoms with Gasteiger partial charge in [-0.3, -0.25) is 4.79 Å². The third-order valence-corrected chi connectivity index (χ3v) is 9.35. The molecule has 0 N–H and O–H groups in total. The number of aryl methyl sites for hydroxylation is 2. The summed E-state index contributed by atoms with van der Waals surface area (Å²) in [6.45, 7) is 2.25. The van der Waals surface area contributed by atoms with Crippen molar-refractivity contribution in [1.29, 1.82) is 5.26 Å². The van der Waals surface area contributed by atoms with Crippen LogP contribution in [0.1, 0.15) is 130 Å². The lowest BCUT2D eigenvalue weighted by Gasteiger charge is -2.27.